The highest BCUT2D eigenvalue weighted by Crippen LogP contribution is 2.24. The topological polar surface area (TPSA) is 97.4 Å². The summed E-state index contributed by atoms with van der Waals surface area (Å²) >= 11 is 3.46. The van der Waals surface area contributed by atoms with Crippen molar-refractivity contribution in [3.8, 4) is 17.3 Å². The molecule has 0 unspecified atom stereocenters. The minimum atomic E-state index is -0.296. The smallest absolute Gasteiger partial charge is 0.268 e. The summed E-state index contributed by atoms with van der Waals surface area (Å²) in [5.74, 6) is 2.10. The molecule has 0 bridgehead atoms. The molecule has 4 rings (SSSR count). The minimum absolute atomic E-state index is 0.156. The number of ether oxygens (including phenoxy) is 1. The molecule has 27 heavy (non-hydrogen) atoms. The van der Waals surface area contributed by atoms with Gasteiger partial charge in [-0.2, -0.15) is 0 Å². The van der Waals surface area contributed by atoms with Gasteiger partial charge in [0.15, 0.2) is 5.82 Å². The maximum absolute atomic E-state index is 8.99. The van der Waals surface area contributed by atoms with E-state index in [4.69, 9.17) is 14.3 Å². The summed E-state index contributed by atoms with van der Waals surface area (Å²) in [6.45, 7) is 1.40. The lowest BCUT2D eigenvalue weighted by Gasteiger charge is -2.32. The van der Waals surface area contributed by atoms with E-state index in [0.29, 0.717) is 5.69 Å². The molecule has 8 nitrogen and oxygen atoms in total. The second-order valence-corrected chi connectivity index (χ2v) is 7.11. The summed E-state index contributed by atoms with van der Waals surface area (Å²) in [6, 6.07) is 11.6. The average Bonchev–Trinajstić information content (AvgIpc) is 3.18. The molecule has 0 atom stereocenters. The third-order valence-corrected chi connectivity index (χ3v) is 4.83. The minimum Gasteiger partial charge on any atom is -0.490 e. The quantitative estimate of drug-likeness (QED) is 0.658. The molecule has 3 aromatic rings. The number of halogens is 1. The van der Waals surface area contributed by atoms with E-state index in [1.54, 1.807) is 6.07 Å². The molecule has 0 radical (unpaired) electrons. The van der Waals surface area contributed by atoms with Crippen molar-refractivity contribution in [2.75, 3.05) is 18.0 Å². The molecule has 2 aromatic heterocycles. The predicted molar refractivity (Wildman–Crippen MR) is 101 cm³/mol. The van der Waals surface area contributed by atoms with Gasteiger partial charge in [-0.25, -0.2) is 0 Å². The number of hydrogen-bond donors (Lipinski definition) is 1. The van der Waals surface area contributed by atoms with E-state index in [9.17, 15) is 0 Å². The van der Waals surface area contributed by atoms with Crippen molar-refractivity contribution in [3.05, 3.63) is 46.8 Å². The summed E-state index contributed by atoms with van der Waals surface area (Å²) in [5.41, 5.74) is 0.485. The first-order valence-corrected chi connectivity index (χ1v) is 9.45. The highest BCUT2D eigenvalue weighted by molar-refractivity contribution is 9.10. The van der Waals surface area contributed by atoms with Crippen molar-refractivity contribution < 1.29 is 14.3 Å². The molecule has 1 saturated heterocycles. The van der Waals surface area contributed by atoms with Gasteiger partial charge in [0.1, 0.15) is 24.2 Å². The van der Waals surface area contributed by atoms with E-state index < -0.39 is 0 Å². The standard InChI is InChI=1S/C18H18BrN5O3/c19-12-2-1-3-14(10-12)26-13-6-8-24(9-7-13)16-5-4-15(20-21-16)18-23-22-17(11-25)27-18/h1-5,10,13,25H,6-9,11H2. The molecule has 1 aliphatic rings. The van der Waals surface area contributed by atoms with Gasteiger partial charge in [0.25, 0.3) is 5.89 Å². The van der Waals surface area contributed by atoms with Gasteiger partial charge in [0.2, 0.25) is 5.89 Å². The number of aliphatic hydroxyl groups is 1. The van der Waals surface area contributed by atoms with Crippen LogP contribution in [0.1, 0.15) is 18.7 Å². The Morgan fingerprint density at radius 1 is 1.11 bits per heavy atom. The Balaban J connectivity index is 1.35. The van der Waals surface area contributed by atoms with Gasteiger partial charge >= 0.3 is 0 Å². The van der Waals surface area contributed by atoms with E-state index in [0.717, 1.165) is 42.0 Å². The molecule has 1 N–H and O–H groups in total. The number of hydrogen-bond acceptors (Lipinski definition) is 8. The average molecular weight is 432 g/mol. The lowest BCUT2D eigenvalue weighted by atomic mass is 10.1. The van der Waals surface area contributed by atoms with E-state index in [-0.39, 0.29) is 24.5 Å². The van der Waals surface area contributed by atoms with E-state index in [1.807, 2.05) is 30.3 Å². The Hall–Kier alpha value is -2.52. The Morgan fingerprint density at radius 2 is 1.96 bits per heavy atom. The van der Waals surface area contributed by atoms with E-state index in [1.165, 1.54) is 0 Å². The molecular formula is C18H18BrN5O3. The Labute approximate surface area is 164 Å². The van der Waals surface area contributed by atoms with Crippen LogP contribution in [0.15, 0.2) is 45.3 Å². The van der Waals surface area contributed by atoms with Crippen molar-refractivity contribution in [3.63, 3.8) is 0 Å². The van der Waals surface area contributed by atoms with Crippen LogP contribution in [0.2, 0.25) is 0 Å². The maximum atomic E-state index is 8.99. The highest BCUT2D eigenvalue weighted by atomic mass is 79.9. The zero-order valence-corrected chi connectivity index (χ0v) is 16.0. The molecular weight excluding hydrogens is 414 g/mol. The first-order chi connectivity index (χ1) is 13.2. The lowest BCUT2D eigenvalue weighted by molar-refractivity contribution is 0.170. The van der Waals surface area contributed by atoms with Crippen LogP contribution < -0.4 is 9.64 Å². The van der Waals surface area contributed by atoms with Crippen molar-refractivity contribution in [1.29, 1.82) is 0 Å². The highest BCUT2D eigenvalue weighted by Gasteiger charge is 2.22. The van der Waals surface area contributed by atoms with Crippen molar-refractivity contribution >= 4 is 21.7 Å². The molecule has 0 spiro atoms. The van der Waals surface area contributed by atoms with Crippen LogP contribution >= 0.6 is 15.9 Å². The predicted octanol–water partition coefficient (Wildman–Crippen LogP) is 2.83. The first-order valence-electron chi connectivity index (χ1n) is 8.66. The molecule has 1 aliphatic heterocycles. The van der Waals surface area contributed by atoms with Crippen LogP contribution in [0.3, 0.4) is 0 Å². The normalized spacial score (nSPS) is 15.1. The van der Waals surface area contributed by atoms with Crippen LogP contribution in [-0.2, 0) is 6.61 Å². The number of aromatic nitrogens is 4. The second kappa shape index (κ2) is 8.01. The zero-order chi connectivity index (χ0) is 18.6. The van der Waals surface area contributed by atoms with Gasteiger partial charge in [0, 0.05) is 30.4 Å². The Bertz CT molecular complexity index is 894. The van der Waals surface area contributed by atoms with Crippen LogP contribution in [-0.4, -0.2) is 44.7 Å². The number of benzene rings is 1. The van der Waals surface area contributed by atoms with Gasteiger partial charge in [-0.1, -0.05) is 22.0 Å². The summed E-state index contributed by atoms with van der Waals surface area (Å²) in [5, 5.41) is 25.0. The molecule has 0 aliphatic carbocycles. The number of piperidine rings is 1. The summed E-state index contributed by atoms with van der Waals surface area (Å²) in [6.07, 6.45) is 2.02. The van der Waals surface area contributed by atoms with Crippen LogP contribution in [0.4, 0.5) is 5.82 Å². The summed E-state index contributed by atoms with van der Waals surface area (Å²) in [4.78, 5) is 2.19. The molecule has 140 valence electrons. The fourth-order valence-corrected chi connectivity index (χ4v) is 3.34. The largest absolute Gasteiger partial charge is 0.490 e. The molecule has 1 aromatic carbocycles. The third-order valence-electron chi connectivity index (χ3n) is 4.34. The number of anilines is 1. The monoisotopic (exact) mass is 431 g/mol. The van der Waals surface area contributed by atoms with Gasteiger partial charge in [-0.05, 0) is 30.3 Å². The van der Waals surface area contributed by atoms with Gasteiger partial charge in [-0.3, -0.25) is 0 Å². The van der Waals surface area contributed by atoms with E-state index in [2.05, 4.69) is 41.2 Å². The van der Waals surface area contributed by atoms with E-state index >= 15 is 0 Å². The van der Waals surface area contributed by atoms with Crippen LogP contribution in [0, 0.1) is 0 Å². The molecule has 9 heteroatoms. The van der Waals surface area contributed by atoms with Gasteiger partial charge < -0.3 is 19.2 Å². The van der Waals surface area contributed by atoms with Crippen molar-refractivity contribution in [2.24, 2.45) is 0 Å². The molecule has 0 amide bonds. The second-order valence-electron chi connectivity index (χ2n) is 6.20. The van der Waals surface area contributed by atoms with Crippen molar-refractivity contribution in [1.82, 2.24) is 20.4 Å². The molecule has 3 heterocycles. The lowest BCUT2D eigenvalue weighted by Crippen LogP contribution is -2.38. The SMILES string of the molecule is OCc1nnc(-c2ccc(N3CCC(Oc4cccc(Br)c4)CC3)nn2)o1. The van der Waals surface area contributed by atoms with Crippen molar-refractivity contribution in [2.45, 2.75) is 25.6 Å². The van der Waals surface area contributed by atoms with Gasteiger partial charge in [0.05, 0.1) is 0 Å². The van der Waals surface area contributed by atoms with Crippen LogP contribution in [0.5, 0.6) is 5.75 Å². The molecule has 1 fully saturated rings. The third kappa shape index (κ3) is 4.25. The van der Waals surface area contributed by atoms with Gasteiger partial charge in [-0.15, -0.1) is 20.4 Å². The first kappa shape index (κ1) is 17.9. The maximum Gasteiger partial charge on any atom is 0.268 e. The number of nitrogens with zero attached hydrogens (tertiary/aromatic N) is 5. The zero-order valence-electron chi connectivity index (χ0n) is 14.5. The Kier molecular flexibility index (Phi) is 5.30. The van der Waals surface area contributed by atoms with Crippen LogP contribution in [0.25, 0.3) is 11.6 Å². The Morgan fingerprint density at radius 3 is 2.63 bits per heavy atom. The number of aliphatic hydroxyl groups excluding tert-OH is 1. The molecule has 0 saturated carbocycles. The summed E-state index contributed by atoms with van der Waals surface area (Å²) < 4.78 is 12.4. The fraction of sp³-hybridized carbons (Fsp3) is 0.333. The number of rotatable bonds is 5. The summed E-state index contributed by atoms with van der Waals surface area (Å²) in [7, 11) is 0. The fourth-order valence-electron chi connectivity index (χ4n) is 2.96.